The van der Waals surface area contributed by atoms with Crippen LogP contribution in [0.4, 0.5) is 11.5 Å². The van der Waals surface area contributed by atoms with E-state index in [2.05, 4.69) is 15.4 Å². The number of amides is 1. The quantitative estimate of drug-likeness (QED) is 0.782. The van der Waals surface area contributed by atoms with Gasteiger partial charge in [0.2, 0.25) is 5.91 Å². The molecule has 2 heterocycles. The number of fused-ring (bicyclic) bond motifs is 1. The average molecular weight is 271 g/mol. The summed E-state index contributed by atoms with van der Waals surface area (Å²) in [6, 6.07) is 5.01. The second-order valence-corrected chi connectivity index (χ2v) is 4.21. The van der Waals surface area contributed by atoms with Crippen LogP contribution in [0.1, 0.15) is 16.1 Å². The van der Waals surface area contributed by atoms with Gasteiger partial charge in [-0.2, -0.15) is 0 Å². The van der Waals surface area contributed by atoms with Gasteiger partial charge < -0.3 is 15.5 Å². The summed E-state index contributed by atoms with van der Waals surface area (Å²) in [6.45, 7) is 0. The third-order valence-electron chi connectivity index (χ3n) is 3.01. The van der Waals surface area contributed by atoms with Crippen LogP contribution in [0.15, 0.2) is 30.7 Å². The molecule has 0 radical (unpaired) electrons. The highest BCUT2D eigenvalue weighted by molar-refractivity contribution is 5.94. The Kier molecular flexibility index (Phi) is 2.79. The molecule has 4 N–H and O–H groups in total. The van der Waals surface area contributed by atoms with Gasteiger partial charge in [-0.1, -0.05) is 0 Å². The van der Waals surface area contributed by atoms with Crippen molar-refractivity contribution in [1.82, 2.24) is 9.97 Å². The highest BCUT2D eigenvalue weighted by atomic mass is 16.5. The van der Waals surface area contributed by atoms with Crippen LogP contribution >= 0.6 is 0 Å². The first-order valence-corrected chi connectivity index (χ1v) is 5.94. The molecule has 0 saturated carbocycles. The van der Waals surface area contributed by atoms with Gasteiger partial charge in [-0.25, -0.2) is 4.98 Å². The number of hydrazine groups is 1. The van der Waals surface area contributed by atoms with Gasteiger partial charge in [-0.05, 0) is 24.3 Å². The van der Waals surface area contributed by atoms with Gasteiger partial charge in [-0.15, -0.1) is 0 Å². The standard InChI is InChI=1S/C13H13N5O2/c1-20-11-6-8(12(14)19)2-3-10(11)18-5-4-9-13(17-18)16-7-15-9/h2-7,17H,1H3,(H2,14,19)(H,15,16). The number of carbonyl (C=O) groups is 1. The summed E-state index contributed by atoms with van der Waals surface area (Å²) in [5.41, 5.74) is 10.4. The number of nitrogens with two attached hydrogens (primary N) is 1. The molecule has 1 amide bonds. The van der Waals surface area contributed by atoms with Gasteiger partial charge in [0.05, 0.1) is 19.1 Å². The topological polar surface area (TPSA) is 96.3 Å². The van der Waals surface area contributed by atoms with E-state index in [0.717, 1.165) is 11.4 Å². The number of hydrogen-bond donors (Lipinski definition) is 3. The van der Waals surface area contributed by atoms with E-state index in [1.54, 1.807) is 29.5 Å². The molecule has 1 aromatic heterocycles. The lowest BCUT2D eigenvalue weighted by molar-refractivity contribution is 0.1000. The van der Waals surface area contributed by atoms with E-state index in [1.807, 2.05) is 12.3 Å². The van der Waals surface area contributed by atoms with Crippen LogP contribution in [0.25, 0.3) is 6.08 Å². The Morgan fingerprint density at radius 3 is 3.05 bits per heavy atom. The van der Waals surface area contributed by atoms with Crippen LogP contribution in [-0.4, -0.2) is 23.0 Å². The smallest absolute Gasteiger partial charge is 0.248 e. The fourth-order valence-corrected chi connectivity index (χ4v) is 1.99. The number of benzene rings is 1. The molecule has 2 aromatic rings. The molecule has 0 unspecified atom stereocenters. The average Bonchev–Trinajstić information content (AvgIpc) is 2.93. The van der Waals surface area contributed by atoms with Crippen molar-refractivity contribution in [3.63, 3.8) is 0 Å². The molecular weight excluding hydrogens is 258 g/mol. The third-order valence-corrected chi connectivity index (χ3v) is 3.01. The summed E-state index contributed by atoms with van der Waals surface area (Å²) in [5, 5.41) is 1.76. The number of rotatable bonds is 3. The van der Waals surface area contributed by atoms with Gasteiger partial charge in [0.25, 0.3) is 0 Å². The van der Waals surface area contributed by atoms with Gasteiger partial charge >= 0.3 is 0 Å². The SMILES string of the molecule is COc1cc(C(N)=O)ccc1N1C=Cc2[nH]cnc2N1. The second kappa shape index (κ2) is 4.61. The number of methoxy groups -OCH3 is 1. The number of aromatic nitrogens is 2. The zero-order valence-electron chi connectivity index (χ0n) is 10.8. The Hall–Kier alpha value is -2.96. The van der Waals surface area contributed by atoms with Crippen LogP contribution in [0.3, 0.4) is 0 Å². The number of aromatic amines is 1. The number of nitrogens with zero attached hydrogens (tertiary/aromatic N) is 2. The molecular formula is C13H13N5O2. The number of anilines is 2. The Morgan fingerprint density at radius 1 is 1.45 bits per heavy atom. The minimum absolute atomic E-state index is 0.395. The number of hydrogen-bond acceptors (Lipinski definition) is 5. The molecule has 7 heteroatoms. The third kappa shape index (κ3) is 1.95. The normalized spacial score (nSPS) is 12.8. The monoisotopic (exact) mass is 271 g/mol. The van der Waals surface area contributed by atoms with Crippen molar-refractivity contribution in [2.75, 3.05) is 17.5 Å². The Bertz CT molecular complexity index is 692. The predicted molar refractivity (Wildman–Crippen MR) is 75.2 cm³/mol. The lowest BCUT2D eigenvalue weighted by Gasteiger charge is -2.26. The highest BCUT2D eigenvalue weighted by Crippen LogP contribution is 2.32. The Balaban J connectivity index is 1.97. The van der Waals surface area contributed by atoms with E-state index in [1.165, 1.54) is 7.11 Å². The first-order chi connectivity index (χ1) is 9.69. The van der Waals surface area contributed by atoms with E-state index >= 15 is 0 Å². The predicted octanol–water partition coefficient (Wildman–Crippen LogP) is 1.33. The van der Waals surface area contributed by atoms with Crippen molar-refractivity contribution in [3.05, 3.63) is 42.0 Å². The molecule has 3 rings (SSSR count). The van der Waals surface area contributed by atoms with E-state index in [4.69, 9.17) is 10.5 Å². The van der Waals surface area contributed by atoms with Gasteiger partial charge in [0.1, 0.15) is 11.4 Å². The van der Waals surface area contributed by atoms with E-state index < -0.39 is 5.91 Å². The van der Waals surface area contributed by atoms with E-state index in [0.29, 0.717) is 17.1 Å². The van der Waals surface area contributed by atoms with Crippen molar-refractivity contribution in [1.29, 1.82) is 0 Å². The van der Waals surface area contributed by atoms with Crippen LogP contribution < -0.4 is 20.9 Å². The maximum Gasteiger partial charge on any atom is 0.248 e. The molecule has 1 aliphatic heterocycles. The molecule has 102 valence electrons. The maximum absolute atomic E-state index is 11.2. The minimum atomic E-state index is -0.494. The molecule has 0 fully saturated rings. The zero-order valence-corrected chi connectivity index (χ0v) is 10.8. The summed E-state index contributed by atoms with van der Waals surface area (Å²) >= 11 is 0. The minimum Gasteiger partial charge on any atom is -0.494 e. The molecule has 0 atom stereocenters. The highest BCUT2D eigenvalue weighted by Gasteiger charge is 2.17. The van der Waals surface area contributed by atoms with Crippen molar-refractivity contribution < 1.29 is 9.53 Å². The van der Waals surface area contributed by atoms with E-state index in [-0.39, 0.29) is 0 Å². The number of primary amides is 1. The first kappa shape index (κ1) is 12.1. The number of H-pyrrole nitrogens is 1. The van der Waals surface area contributed by atoms with Gasteiger partial charge in [0, 0.05) is 11.8 Å². The fraction of sp³-hybridized carbons (Fsp3) is 0.0769. The second-order valence-electron chi connectivity index (χ2n) is 4.21. The Morgan fingerprint density at radius 2 is 2.30 bits per heavy atom. The number of carbonyl (C=O) groups excluding carboxylic acids is 1. The lowest BCUT2D eigenvalue weighted by Crippen LogP contribution is -2.27. The van der Waals surface area contributed by atoms with Gasteiger partial charge in [0.15, 0.2) is 5.82 Å². The molecule has 7 nitrogen and oxygen atoms in total. The summed E-state index contributed by atoms with van der Waals surface area (Å²) in [7, 11) is 1.54. The van der Waals surface area contributed by atoms with Crippen molar-refractivity contribution in [2.45, 2.75) is 0 Å². The summed E-state index contributed by atoms with van der Waals surface area (Å²) < 4.78 is 5.31. The fourth-order valence-electron chi connectivity index (χ4n) is 1.99. The van der Waals surface area contributed by atoms with Crippen molar-refractivity contribution in [2.24, 2.45) is 5.73 Å². The maximum atomic E-state index is 11.2. The number of ether oxygens (including phenoxy) is 1. The molecule has 1 aromatic carbocycles. The summed E-state index contributed by atoms with van der Waals surface area (Å²) in [5.74, 6) is 0.762. The van der Waals surface area contributed by atoms with Crippen molar-refractivity contribution in [3.8, 4) is 5.75 Å². The number of nitrogens with one attached hydrogen (secondary N) is 2. The van der Waals surface area contributed by atoms with Crippen LogP contribution in [0.5, 0.6) is 5.75 Å². The van der Waals surface area contributed by atoms with Crippen LogP contribution in [-0.2, 0) is 0 Å². The van der Waals surface area contributed by atoms with Crippen molar-refractivity contribution >= 4 is 23.5 Å². The molecule has 1 aliphatic rings. The summed E-state index contributed by atoms with van der Waals surface area (Å²) in [6.07, 6.45) is 5.33. The molecule has 0 spiro atoms. The van der Waals surface area contributed by atoms with E-state index in [9.17, 15) is 4.79 Å². The van der Waals surface area contributed by atoms with Crippen LogP contribution in [0.2, 0.25) is 0 Å². The first-order valence-electron chi connectivity index (χ1n) is 5.94. The number of imidazole rings is 1. The lowest BCUT2D eigenvalue weighted by atomic mass is 10.1. The van der Waals surface area contributed by atoms with Gasteiger partial charge in [-0.3, -0.25) is 15.2 Å². The zero-order chi connectivity index (χ0) is 14.1. The molecule has 0 saturated heterocycles. The largest absolute Gasteiger partial charge is 0.494 e. The molecule has 20 heavy (non-hydrogen) atoms. The summed E-state index contributed by atoms with van der Waals surface area (Å²) in [4.78, 5) is 18.4. The van der Waals surface area contributed by atoms with Crippen LogP contribution in [0, 0.1) is 0 Å². The molecule has 0 aliphatic carbocycles. The molecule has 0 bridgehead atoms. The Labute approximate surface area is 115 Å².